The molecule has 0 unspecified atom stereocenters. The van der Waals surface area contributed by atoms with E-state index in [2.05, 4.69) is 4.98 Å². The van der Waals surface area contributed by atoms with Crippen LogP contribution in [0.5, 0.6) is 0 Å². The van der Waals surface area contributed by atoms with Gasteiger partial charge in [-0.3, -0.25) is 18.9 Å². The van der Waals surface area contributed by atoms with Crippen molar-refractivity contribution in [3.8, 4) is 0 Å². The van der Waals surface area contributed by atoms with E-state index in [-0.39, 0.29) is 11.2 Å². The van der Waals surface area contributed by atoms with Gasteiger partial charge in [-0.25, -0.2) is 4.79 Å². The molecule has 0 aliphatic carbocycles. The molecule has 0 amide bonds. The first-order valence-electron chi connectivity index (χ1n) is 7.72. The number of pyridine rings is 1. The van der Waals surface area contributed by atoms with Gasteiger partial charge in [-0.05, 0) is 35.9 Å². The van der Waals surface area contributed by atoms with Crippen LogP contribution in [0.15, 0.2) is 39.5 Å². The summed E-state index contributed by atoms with van der Waals surface area (Å²) >= 11 is 1.43. The Kier molecular flexibility index (Phi) is 4.92. The Hall–Kier alpha value is -2.25. The highest BCUT2D eigenvalue weighted by atomic mass is 32.1. The van der Waals surface area contributed by atoms with E-state index in [1.54, 1.807) is 24.1 Å². The fourth-order valence-electron chi connectivity index (χ4n) is 2.71. The smallest absolute Gasteiger partial charge is 0.332 e. The molecule has 0 fully saturated rings. The van der Waals surface area contributed by atoms with Gasteiger partial charge >= 0.3 is 5.69 Å². The lowest BCUT2D eigenvalue weighted by molar-refractivity contribution is 0.186. The van der Waals surface area contributed by atoms with Crippen molar-refractivity contribution in [1.82, 2.24) is 14.1 Å². The average molecular weight is 345 g/mol. The Bertz CT molecular complexity index is 957. The molecule has 3 rings (SSSR count). The summed E-state index contributed by atoms with van der Waals surface area (Å²) < 4.78 is 8.07. The Labute approximate surface area is 143 Å². The first-order valence-corrected chi connectivity index (χ1v) is 8.60. The minimum atomic E-state index is -0.282. The van der Waals surface area contributed by atoms with E-state index in [0.717, 1.165) is 16.0 Å². The molecule has 7 heteroatoms. The number of methoxy groups -OCH3 is 1. The minimum absolute atomic E-state index is 0.216. The number of hydrogen-bond donors (Lipinski definition) is 0. The molecule has 24 heavy (non-hydrogen) atoms. The van der Waals surface area contributed by atoms with Crippen molar-refractivity contribution < 1.29 is 4.74 Å². The molecule has 0 aliphatic heterocycles. The second-order valence-electron chi connectivity index (χ2n) is 5.59. The van der Waals surface area contributed by atoms with Crippen LogP contribution in [0.3, 0.4) is 0 Å². The number of fused-ring (bicyclic) bond motifs is 1. The van der Waals surface area contributed by atoms with Crippen LogP contribution < -0.4 is 11.2 Å². The molecule has 0 radical (unpaired) electrons. The van der Waals surface area contributed by atoms with Crippen molar-refractivity contribution in [3.05, 3.63) is 61.9 Å². The molecule has 0 bridgehead atoms. The predicted octanol–water partition coefficient (Wildman–Crippen LogP) is 1.82. The molecule has 0 aliphatic rings. The summed E-state index contributed by atoms with van der Waals surface area (Å²) in [4.78, 5) is 30.4. The van der Waals surface area contributed by atoms with E-state index in [0.29, 0.717) is 31.5 Å². The van der Waals surface area contributed by atoms with Gasteiger partial charge in [0.1, 0.15) is 4.83 Å². The summed E-state index contributed by atoms with van der Waals surface area (Å²) in [5.74, 6) is 0. The van der Waals surface area contributed by atoms with Crippen molar-refractivity contribution in [2.24, 2.45) is 0 Å². The van der Waals surface area contributed by atoms with Crippen LogP contribution in [0.25, 0.3) is 10.2 Å². The molecular formula is C17H19N3O3S. The number of hydrogen-bond acceptors (Lipinski definition) is 5. The summed E-state index contributed by atoms with van der Waals surface area (Å²) in [5.41, 5.74) is 1.40. The molecule has 0 spiro atoms. The molecule has 0 N–H and O–H groups in total. The van der Waals surface area contributed by atoms with Gasteiger partial charge in [-0.15, -0.1) is 11.3 Å². The summed E-state index contributed by atoms with van der Waals surface area (Å²) in [6.45, 7) is 3.09. The Morgan fingerprint density at radius 2 is 2.08 bits per heavy atom. The normalized spacial score (nSPS) is 11.2. The van der Waals surface area contributed by atoms with Crippen LogP contribution >= 0.6 is 11.3 Å². The largest absolute Gasteiger partial charge is 0.383 e. The minimum Gasteiger partial charge on any atom is -0.383 e. The summed E-state index contributed by atoms with van der Waals surface area (Å²) in [7, 11) is 1.60. The van der Waals surface area contributed by atoms with Gasteiger partial charge < -0.3 is 4.74 Å². The van der Waals surface area contributed by atoms with Gasteiger partial charge in [-0.1, -0.05) is 6.07 Å². The lowest BCUT2D eigenvalue weighted by Gasteiger charge is -2.12. The molecule has 6 nitrogen and oxygen atoms in total. The van der Waals surface area contributed by atoms with Gasteiger partial charge in [-0.2, -0.15) is 0 Å². The standard InChI is InChI=1S/C17H19N3O3S/c1-12-11-24-16-14(12)15(21)19(17(22)20(16)8-9-23-2)7-5-13-4-3-6-18-10-13/h3-4,6,10-11H,5,7-9H2,1-2H3. The van der Waals surface area contributed by atoms with Crippen LogP contribution in [0, 0.1) is 6.92 Å². The van der Waals surface area contributed by atoms with Gasteiger partial charge in [0.05, 0.1) is 18.5 Å². The maximum Gasteiger partial charge on any atom is 0.332 e. The van der Waals surface area contributed by atoms with E-state index in [9.17, 15) is 9.59 Å². The lowest BCUT2D eigenvalue weighted by atomic mass is 10.2. The number of nitrogens with zero attached hydrogens (tertiary/aromatic N) is 3. The molecule has 0 saturated carbocycles. The average Bonchev–Trinajstić information content (AvgIpc) is 2.97. The Balaban J connectivity index is 2.07. The van der Waals surface area contributed by atoms with Crippen molar-refractivity contribution >= 4 is 21.6 Å². The third-order valence-corrected chi connectivity index (χ3v) is 5.11. The van der Waals surface area contributed by atoms with E-state index < -0.39 is 0 Å². The van der Waals surface area contributed by atoms with E-state index >= 15 is 0 Å². The zero-order valence-corrected chi connectivity index (χ0v) is 14.5. The highest BCUT2D eigenvalue weighted by Crippen LogP contribution is 2.21. The summed E-state index contributed by atoms with van der Waals surface area (Å²) in [6, 6.07) is 3.79. The fraction of sp³-hybridized carbons (Fsp3) is 0.353. The van der Waals surface area contributed by atoms with Crippen LogP contribution in [-0.4, -0.2) is 27.8 Å². The van der Waals surface area contributed by atoms with Gasteiger partial charge in [0.15, 0.2) is 0 Å². The third kappa shape index (κ3) is 3.05. The van der Waals surface area contributed by atoms with Crippen molar-refractivity contribution in [3.63, 3.8) is 0 Å². The van der Waals surface area contributed by atoms with Crippen molar-refractivity contribution in [1.29, 1.82) is 0 Å². The van der Waals surface area contributed by atoms with E-state index in [1.165, 1.54) is 15.9 Å². The molecule has 126 valence electrons. The van der Waals surface area contributed by atoms with Gasteiger partial charge in [0, 0.05) is 26.0 Å². The summed E-state index contributed by atoms with van der Waals surface area (Å²) in [6.07, 6.45) is 4.04. The third-order valence-electron chi connectivity index (χ3n) is 3.99. The highest BCUT2D eigenvalue weighted by molar-refractivity contribution is 7.17. The number of thiophene rings is 1. The molecular weight excluding hydrogens is 326 g/mol. The van der Waals surface area contributed by atoms with Crippen LogP contribution in [0.2, 0.25) is 0 Å². The molecule has 3 heterocycles. The molecule has 0 saturated heterocycles. The maximum atomic E-state index is 12.8. The number of rotatable bonds is 6. The van der Waals surface area contributed by atoms with Crippen LogP contribution in [-0.2, 0) is 24.2 Å². The van der Waals surface area contributed by atoms with Crippen LogP contribution in [0.1, 0.15) is 11.1 Å². The zero-order valence-electron chi connectivity index (χ0n) is 13.7. The number of ether oxygens (including phenoxy) is 1. The first-order chi connectivity index (χ1) is 11.6. The summed E-state index contributed by atoms with van der Waals surface area (Å²) in [5, 5.41) is 2.54. The number of aromatic nitrogens is 3. The Morgan fingerprint density at radius 3 is 2.79 bits per heavy atom. The second kappa shape index (κ2) is 7.11. The van der Waals surface area contributed by atoms with Crippen molar-refractivity contribution in [2.75, 3.05) is 13.7 Å². The topological polar surface area (TPSA) is 66.1 Å². The van der Waals surface area contributed by atoms with Gasteiger partial charge in [0.25, 0.3) is 5.56 Å². The van der Waals surface area contributed by atoms with Crippen LogP contribution in [0.4, 0.5) is 0 Å². The SMILES string of the molecule is COCCn1c(=O)n(CCc2cccnc2)c(=O)c2c(C)csc21. The zero-order chi connectivity index (χ0) is 17.1. The quantitative estimate of drug-likeness (QED) is 0.683. The first kappa shape index (κ1) is 16.6. The molecule has 3 aromatic rings. The molecule has 0 atom stereocenters. The van der Waals surface area contributed by atoms with Gasteiger partial charge in [0.2, 0.25) is 0 Å². The monoisotopic (exact) mass is 345 g/mol. The molecule has 3 aromatic heterocycles. The second-order valence-corrected chi connectivity index (χ2v) is 6.45. The fourth-order valence-corrected chi connectivity index (χ4v) is 3.78. The lowest BCUT2D eigenvalue weighted by Crippen LogP contribution is -2.40. The van der Waals surface area contributed by atoms with Crippen molar-refractivity contribution in [2.45, 2.75) is 26.4 Å². The Morgan fingerprint density at radius 1 is 1.25 bits per heavy atom. The van der Waals surface area contributed by atoms with E-state index in [4.69, 9.17) is 4.74 Å². The highest BCUT2D eigenvalue weighted by Gasteiger charge is 2.16. The predicted molar refractivity (Wildman–Crippen MR) is 94.9 cm³/mol. The maximum absolute atomic E-state index is 12.8. The molecule has 0 aromatic carbocycles. The number of aryl methyl sites for hydroxylation is 2. The van der Waals surface area contributed by atoms with E-state index in [1.807, 2.05) is 24.4 Å².